The third-order valence-corrected chi connectivity index (χ3v) is 5.10. The monoisotopic (exact) mass is 470 g/mol. The molecule has 25 heavy (non-hydrogen) atoms. The van der Waals surface area contributed by atoms with Gasteiger partial charge in [0, 0.05) is 30.4 Å². The van der Waals surface area contributed by atoms with Crippen LogP contribution in [0.15, 0.2) is 39.2 Å². The lowest BCUT2D eigenvalue weighted by molar-refractivity contribution is 0.392. The second kappa shape index (κ2) is 9.19. The van der Waals surface area contributed by atoms with E-state index in [4.69, 9.17) is 4.52 Å². The van der Waals surface area contributed by atoms with Gasteiger partial charge in [-0.3, -0.25) is 4.99 Å². The van der Waals surface area contributed by atoms with Gasteiger partial charge in [0.2, 0.25) is 0 Å². The molecule has 0 amide bonds. The molecule has 0 saturated carbocycles. The van der Waals surface area contributed by atoms with E-state index in [0.717, 1.165) is 35.9 Å². The van der Waals surface area contributed by atoms with Gasteiger partial charge in [0.25, 0.3) is 0 Å². The Labute approximate surface area is 168 Å². The van der Waals surface area contributed by atoms with Gasteiger partial charge < -0.3 is 15.2 Å². The van der Waals surface area contributed by atoms with E-state index in [-0.39, 0.29) is 24.0 Å². The summed E-state index contributed by atoms with van der Waals surface area (Å²) in [6.45, 7) is 5.37. The number of rotatable bonds is 5. The molecule has 1 aromatic carbocycles. The number of aliphatic imine (C=N–C) groups is 1. The summed E-state index contributed by atoms with van der Waals surface area (Å²) in [5.74, 6) is 1.63. The Morgan fingerprint density at radius 1 is 1.24 bits per heavy atom. The lowest BCUT2D eigenvalue weighted by Crippen LogP contribution is -2.38. The lowest BCUT2D eigenvalue weighted by Gasteiger charge is -2.11. The molecule has 0 unspecified atom stereocenters. The average molecular weight is 470 g/mol. The molecule has 0 radical (unpaired) electrons. The summed E-state index contributed by atoms with van der Waals surface area (Å²) >= 11 is 1.80. The number of aryl methyl sites for hydroxylation is 2. The first kappa shape index (κ1) is 19.7. The quantitative estimate of drug-likeness (QED) is 0.336. The summed E-state index contributed by atoms with van der Waals surface area (Å²) in [4.78, 5) is 4.27. The van der Waals surface area contributed by atoms with E-state index in [2.05, 4.69) is 50.4 Å². The Kier molecular flexibility index (Phi) is 7.24. The molecule has 0 fully saturated rings. The van der Waals surface area contributed by atoms with Crippen molar-refractivity contribution in [2.24, 2.45) is 4.99 Å². The van der Waals surface area contributed by atoms with E-state index in [9.17, 15) is 0 Å². The van der Waals surface area contributed by atoms with Crippen LogP contribution >= 0.6 is 35.3 Å². The van der Waals surface area contributed by atoms with Crippen LogP contribution in [0.1, 0.15) is 22.6 Å². The highest BCUT2D eigenvalue weighted by molar-refractivity contribution is 14.0. The predicted octanol–water partition coefficient (Wildman–Crippen LogP) is 4.03. The summed E-state index contributed by atoms with van der Waals surface area (Å²) < 4.78 is 6.52. The number of thiophene rings is 1. The van der Waals surface area contributed by atoms with Gasteiger partial charge in [0.05, 0.1) is 5.69 Å². The van der Waals surface area contributed by atoms with Crippen LogP contribution in [-0.2, 0) is 13.0 Å². The zero-order chi connectivity index (χ0) is 16.9. The van der Waals surface area contributed by atoms with Crippen molar-refractivity contribution in [3.05, 3.63) is 52.2 Å². The van der Waals surface area contributed by atoms with Crippen LogP contribution in [0.4, 0.5) is 0 Å². The second-order valence-corrected chi connectivity index (χ2v) is 6.57. The highest BCUT2D eigenvalue weighted by Gasteiger charge is 2.09. The lowest BCUT2D eigenvalue weighted by atomic mass is 10.1. The molecule has 2 aromatic heterocycles. The van der Waals surface area contributed by atoms with Gasteiger partial charge in [-0.2, -0.15) is 0 Å². The number of halogens is 1. The number of guanidine groups is 1. The smallest absolute Gasteiger partial charge is 0.191 e. The summed E-state index contributed by atoms with van der Waals surface area (Å²) in [5, 5.41) is 14.2. The SMILES string of the molecule is CN=C(NCCc1csc2ccccc12)NCc1c(C)noc1C.I. The maximum Gasteiger partial charge on any atom is 0.191 e. The van der Waals surface area contributed by atoms with Gasteiger partial charge in [-0.15, -0.1) is 35.3 Å². The van der Waals surface area contributed by atoms with Gasteiger partial charge in [0.15, 0.2) is 5.96 Å². The van der Waals surface area contributed by atoms with Crippen LogP contribution in [0.5, 0.6) is 0 Å². The molecule has 3 aromatic rings. The molecule has 7 heteroatoms. The first-order valence-electron chi connectivity index (χ1n) is 8.00. The molecule has 0 aliphatic heterocycles. The molecule has 2 heterocycles. The van der Waals surface area contributed by atoms with Crippen molar-refractivity contribution in [2.75, 3.05) is 13.6 Å². The molecule has 0 bridgehead atoms. The molecule has 2 N–H and O–H groups in total. The maximum atomic E-state index is 5.18. The predicted molar refractivity (Wildman–Crippen MR) is 115 cm³/mol. The molecule has 0 spiro atoms. The molecule has 0 aliphatic rings. The van der Waals surface area contributed by atoms with Crippen molar-refractivity contribution in [3.63, 3.8) is 0 Å². The van der Waals surface area contributed by atoms with Crippen LogP contribution < -0.4 is 10.6 Å². The highest BCUT2D eigenvalue weighted by Crippen LogP contribution is 2.25. The average Bonchev–Trinajstić information content (AvgIpc) is 3.15. The van der Waals surface area contributed by atoms with Crippen molar-refractivity contribution < 1.29 is 4.52 Å². The van der Waals surface area contributed by atoms with E-state index < -0.39 is 0 Å². The van der Waals surface area contributed by atoms with E-state index in [1.165, 1.54) is 15.6 Å². The van der Waals surface area contributed by atoms with Crippen LogP contribution in [0.25, 0.3) is 10.1 Å². The molecule has 3 rings (SSSR count). The Hall–Kier alpha value is -1.61. The number of nitrogens with one attached hydrogen (secondary N) is 2. The number of nitrogens with zero attached hydrogens (tertiary/aromatic N) is 2. The van der Waals surface area contributed by atoms with Crippen LogP contribution in [-0.4, -0.2) is 24.7 Å². The van der Waals surface area contributed by atoms with Crippen molar-refractivity contribution in [3.8, 4) is 0 Å². The van der Waals surface area contributed by atoms with Crippen LogP contribution in [0.3, 0.4) is 0 Å². The number of hydrogen-bond acceptors (Lipinski definition) is 4. The Balaban J connectivity index is 0.00000225. The zero-order valence-electron chi connectivity index (χ0n) is 14.6. The van der Waals surface area contributed by atoms with E-state index >= 15 is 0 Å². The van der Waals surface area contributed by atoms with Gasteiger partial charge in [-0.25, -0.2) is 0 Å². The minimum Gasteiger partial charge on any atom is -0.361 e. The van der Waals surface area contributed by atoms with Crippen molar-refractivity contribution in [2.45, 2.75) is 26.8 Å². The number of fused-ring (bicyclic) bond motifs is 1. The van der Waals surface area contributed by atoms with Gasteiger partial charge in [-0.05, 0) is 42.7 Å². The molecule has 0 aliphatic carbocycles. The topological polar surface area (TPSA) is 62.5 Å². The Morgan fingerprint density at radius 2 is 2.04 bits per heavy atom. The number of benzene rings is 1. The van der Waals surface area contributed by atoms with Crippen molar-refractivity contribution in [1.29, 1.82) is 0 Å². The molecule has 134 valence electrons. The van der Waals surface area contributed by atoms with Crippen molar-refractivity contribution >= 4 is 51.4 Å². The number of aromatic nitrogens is 1. The molecule has 0 saturated heterocycles. The Bertz CT molecular complexity index is 836. The van der Waals surface area contributed by atoms with Crippen LogP contribution in [0, 0.1) is 13.8 Å². The molecule has 0 atom stereocenters. The van der Waals surface area contributed by atoms with Crippen LogP contribution in [0.2, 0.25) is 0 Å². The molecular formula is C18H23IN4OS. The summed E-state index contributed by atoms with van der Waals surface area (Å²) in [6, 6.07) is 8.53. The minimum atomic E-state index is 0. The fourth-order valence-electron chi connectivity index (χ4n) is 2.69. The highest BCUT2D eigenvalue weighted by atomic mass is 127. The Morgan fingerprint density at radius 3 is 2.76 bits per heavy atom. The van der Waals surface area contributed by atoms with E-state index in [1.807, 2.05) is 13.8 Å². The summed E-state index contributed by atoms with van der Waals surface area (Å²) in [7, 11) is 1.78. The summed E-state index contributed by atoms with van der Waals surface area (Å²) in [6.07, 6.45) is 0.968. The standard InChI is InChI=1S/C18H22N4OS.HI/c1-12-16(13(2)23-22-12)10-21-18(19-3)20-9-8-14-11-24-17-7-5-4-6-15(14)17;/h4-7,11H,8-10H2,1-3H3,(H2,19,20,21);1H. The first-order chi connectivity index (χ1) is 11.7. The third kappa shape index (κ3) is 4.72. The van der Waals surface area contributed by atoms with E-state index in [0.29, 0.717) is 6.54 Å². The van der Waals surface area contributed by atoms with Gasteiger partial charge in [0.1, 0.15) is 5.76 Å². The number of hydrogen-bond donors (Lipinski definition) is 2. The van der Waals surface area contributed by atoms with Gasteiger partial charge in [-0.1, -0.05) is 23.4 Å². The fourth-order valence-corrected chi connectivity index (χ4v) is 3.69. The summed E-state index contributed by atoms with van der Waals surface area (Å²) in [5.41, 5.74) is 3.38. The fraction of sp³-hybridized carbons (Fsp3) is 0.333. The van der Waals surface area contributed by atoms with Crippen molar-refractivity contribution in [1.82, 2.24) is 15.8 Å². The third-order valence-electron chi connectivity index (χ3n) is 4.09. The first-order valence-corrected chi connectivity index (χ1v) is 8.88. The largest absolute Gasteiger partial charge is 0.361 e. The zero-order valence-corrected chi connectivity index (χ0v) is 17.8. The van der Waals surface area contributed by atoms with E-state index in [1.54, 1.807) is 18.4 Å². The molecule has 5 nitrogen and oxygen atoms in total. The normalized spacial score (nSPS) is 11.4. The second-order valence-electron chi connectivity index (χ2n) is 5.66. The maximum absolute atomic E-state index is 5.18. The molecular weight excluding hydrogens is 447 g/mol. The minimum absolute atomic E-state index is 0. The van der Waals surface area contributed by atoms with Gasteiger partial charge >= 0.3 is 0 Å².